The van der Waals surface area contributed by atoms with E-state index >= 15 is 0 Å². The number of anilines is 1. The van der Waals surface area contributed by atoms with E-state index in [-0.39, 0.29) is 0 Å². The number of carbonyl (C=O) groups is 1. The highest BCUT2D eigenvalue weighted by Gasteiger charge is 2.27. The predicted octanol–water partition coefficient (Wildman–Crippen LogP) is 3.27. The van der Waals surface area contributed by atoms with Crippen molar-refractivity contribution in [1.82, 2.24) is 0 Å². The summed E-state index contributed by atoms with van der Waals surface area (Å²) >= 11 is 3.22. The van der Waals surface area contributed by atoms with Crippen molar-refractivity contribution < 1.29 is 22.7 Å². The third kappa shape index (κ3) is 5.50. The molecule has 3 nitrogen and oxygen atoms in total. The lowest BCUT2D eigenvalue weighted by atomic mass is 10.2. The molecule has 0 radical (unpaired) electrons. The topological polar surface area (TPSA) is 38.3 Å². The molecule has 0 aliphatic heterocycles. The highest BCUT2D eigenvalue weighted by atomic mass is 79.9. The number of aryl methyl sites for hydroxylation is 1. The normalized spacial score (nSPS) is 11.4. The van der Waals surface area contributed by atoms with Gasteiger partial charge < -0.3 is 10.1 Å². The number of rotatable bonds is 4. The zero-order valence-electron chi connectivity index (χ0n) is 9.47. The Labute approximate surface area is 110 Å². The van der Waals surface area contributed by atoms with E-state index in [9.17, 15) is 18.0 Å². The van der Waals surface area contributed by atoms with E-state index in [0.29, 0.717) is 10.2 Å². The lowest BCUT2D eigenvalue weighted by Crippen LogP contribution is -2.24. The van der Waals surface area contributed by atoms with Crippen LogP contribution in [0.15, 0.2) is 22.7 Å². The number of halogens is 4. The minimum Gasteiger partial charge on any atom is -0.362 e. The molecule has 0 aromatic heterocycles. The van der Waals surface area contributed by atoms with Gasteiger partial charge in [-0.05, 0) is 40.5 Å². The molecule has 0 unspecified atom stereocenters. The van der Waals surface area contributed by atoms with Gasteiger partial charge in [0, 0.05) is 4.47 Å². The number of carbonyl (C=O) groups excluding carboxylic acids is 1. The average molecular weight is 326 g/mol. The van der Waals surface area contributed by atoms with Gasteiger partial charge in [-0.25, -0.2) is 0 Å². The maximum Gasteiger partial charge on any atom is 0.411 e. The number of benzene rings is 1. The maximum atomic E-state index is 11.8. The molecule has 0 saturated carbocycles. The van der Waals surface area contributed by atoms with Crippen LogP contribution in [-0.2, 0) is 9.53 Å². The molecule has 1 N–H and O–H groups in total. The van der Waals surface area contributed by atoms with E-state index in [0.717, 1.165) is 5.56 Å². The second-order valence-electron chi connectivity index (χ2n) is 3.64. The van der Waals surface area contributed by atoms with Gasteiger partial charge in [0.05, 0.1) is 5.69 Å². The van der Waals surface area contributed by atoms with Crippen molar-refractivity contribution in [1.29, 1.82) is 0 Å². The average Bonchev–Trinajstić information content (AvgIpc) is 2.21. The summed E-state index contributed by atoms with van der Waals surface area (Å²) in [6.45, 7) is -0.239. The molecule has 0 bridgehead atoms. The quantitative estimate of drug-likeness (QED) is 0.922. The molecule has 7 heteroatoms. The third-order valence-electron chi connectivity index (χ3n) is 1.89. The Balaban J connectivity index is 2.47. The highest BCUT2D eigenvalue weighted by molar-refractivity contribution is 9.10. The Bertz CT molecular complexity index is 435. The van der Waals surface area contributed by atoms with E-state index in [1.807, 2.05) is 13.0 Å². The molecule has 0 heterocycles. The fourth-order valence-corrected chi connectivity index (χ4v) is 1.53. The molecule has 1 amide bonds. The molecule has 0 aliphatic carbocycles. The minimum absolute atomic E-state index is 0.496. The smallest absolute Gasteiger partial charge is 0.362 e. The molecule has 0 atom stereocenters. The van der Waals surface area contributed by atoms with Gasteiger partial charge in [0.25, 0.3) is 0 Å². The van der Waals surface area contributed by atoms with Crippen molar-refractivity contribution >= 4 is 27.5 Å². The van der Waals surface area contributed by atoms with E-state index < -0.39 is 25.3 Å². The minimum atomic E-state index is -4.43. The maximum absolute atomic E-state index is 11.8. The van der Waals surface area contributed by atoms with Crippen LogP contribution in [0, 0.1) is 6.92 Å². The van der Waals surface area contributed by atoms with Crippen molar-refractivity contribution in [2.24, 2.45) is 0 Å². The van der Waals surface area contributed by atoms with Gasteiger partial charge in [-0.15, -0.1) is 0 Å². The molecular weight excluding hydrogens is 315 g/mol. The largest absolute Gasteiger partial charge is 0.411 e. The van der Waals surface area contributed by atoms with Crippen LogP contribution in [-0.4, -0.2) is 25.3 Å². The predicted molar refractivity (Wildman–Crippen MR) is 64.4 cm³/mol. The Hall–Kier alpha value is -1.08. The molecule has 18 heavy (non-hydrogen) atoms. The number of amides is 1. The summed E-state index contributed by atoms with van der Waals surface area (Å²) in [6.07, 6.45) is -4.43. The van der Waals surface area contributed by atoms with Crippen molar-refractivity contribution in [2.45, 2.75) is 13.1 Å². The van der Waals surface area contributed by atoms with Gasteiger partial charge in [0.1, 0.15) is 13.2 Å². The monoisotopic (exact) mass is 325 g/mol. The van der Waals surface area contributed by atoms with Crippen LogP contribution >= 0.6 is 15.9 Å². The summed E-state index contributed by atoms with van der Waals surface area (Å²) in [5, 5.41) is 2.46. The first-order valence-corrected chi connectivity index (χ1v) is 5.78. The molecule has 1 aromatic rings. The van der Waals surface area contributed by atoms with Gasteiger partial charge in [0.15, 0.2) is 0 Å². The van der Waals surface area contributed by atoms with E-state index in [2.05, 4.69) is 26.0 Å². The van der Waals surface area contributed by atoms with Gasteiger partial charge in [-0.3, -0.25) is 4.79 Å². The van der Waals surface area contributed by atoms with Crippen molar-refractivity contribution in [2.75, 3.05) is 18.5 Å². The number of alkyl halides is 3. The van der Waals surface area contributed by atoms with Gasteiger partial charge in [-0.1, -0.05) is 6.07 Å². The number of hydrogen-bond donors (Lipinski definition) is 1. The molecule has 0 fully saturated rings. The van der Waals surface area contributed by atoms with Crippen LogP contribution in [0.1, 0.15) is 5.56 Å². The number of hydrogen-bond acceptors (Lipinski definition) is 2. The Morgan fingerprint density at radius 2 is 2.11 bits per heavy atom. The first-order chi connectivity index (χ1) is 8.28. The summed E-state index contributed by atoms with van der Waals surface area (Å²) in [5.74, 6) is -0.634. The highest BCUT2D eigenvalue weighted by Crippen LogP contribution is 2.23. The first kappa shape index (κ1) is 15.0. The van der Waals surface area contributed by atoms with Crippen molar-refractivity contribution in [3.63, 3.8) is 0 Å². The molecule has 0 aliphatic rings. The second kappa shape index (κ2) is 6.19. The van der Waals surface area contributed by atoms with Gasteiger partial charge in [-0.2, -0.15) is 13.2 Å². The number of nitrogens with one attached hydrogen (secondary N) is 1. The van der Waals surface area contributed by atoms with E-state index in [4.69, 9.17) is 0 Å². The standard InChI is InChI=1S/C11H11BrF3NO2/c1-7-2-3-8(12)9(4-7)16-10(17)5-18-6-11(13,14)15/h2-4H,5-6H2,1H3,(H,16,17). The van der Waals surface area contributed by atoms with Crippen LogP contribution in [0.3, 0.4) is 0 Å². The van der Waals surface area contributed by atoms with Crippen LogP contribution in [0.4, 0.5) is 18.9 Å². The van der Waals surface area contributed by atoms with E-state index in [1.165, 1.54) is 0 Å². The summed E-state index contributed by atoms with van der Waals surface area (Å²) in [5.41, 5.74) is 1.42. The Kier molecular flexibility index (Phi) is 5.15. The van der Waals surface area contributed by atoms with Crippen LogP contribution in [0.25, 0.3) is 0 Å². The van der Waals surface area contributed by atoms with Crippen molar-refractivity contribution in [3.8, 4) is 0 Å². The van der Waals surface area contributed by atoms with Crippen molar-refractivity contribution in [3.05, 3.63) is 28.2 Å². The fourth-order valence-electron chi connectivity index (χ4n) is 1.18. The molecule has 1 rings (SSSR count). The summed E-state index contributed by atoms with van der Waals surface area (Å²) < 4.78 is 40.3. The van der Waals surface area contributed by atoms with Crippen LogP contribution in [0.2, 0.25) is 0 Å². The second-order valence-corrected chi connectivity index (χ2v) is 4.49. The van der Waals surface area contributed by atoms with Crippen LogP contribution < -0.4 is 5.32 Å². The Morgan fingerprint density at radius 3 is 2.72 bits per heavy atom. The fraction of sp³-hybridized carbons (Fsp3) is 0.364. The molecule has 0 saturated heterocycles. The van der Waals surface area contributed by atoms with Crippen LogP contribution in [0.5, 0.6) is 0 Å². The Morgan fingerprint density at radius 1 is 1.44 bits per heavy atom. The lowest BCUT2D eigenvalue weighted by molar-refractivity contribution is -0.174. The first-order valence-electron chi connectivity index (χ1n) is 4.98. The lowest BCUT2D eigenvalue weighted by Gasteiger charge is -2.10. The van der Waals surface area contributed by atoms with E-state index in [1.54, 1.807) is 12.1 Å². The summed E-state index contributed by atoms with van der Waals surface area (Å²) in [6, 6.07) is 5.27. The zero-order chi connectivity index (χ0) is 13.8. The zero-order valence-corrected chi connectivity index (χ0v) is 11.1. The molecule has 1 aromatic carbocycles. The SMILES string of the molecule is Cc1ccc(Br)c(NC(=O)COCC(F)(F)F)c1. The summed E-state index contributed by atoms with van der Waals surface area (Å²) in [7, 11) is 0. The summed E-state index contributed by atoms with van der Waals surface area (Å²) in [4.78, 5) is 11.3. The van der Waals surface area contributed by atoms with Gasteiger partial charge >= 0.3 is 6.18 Å². The number of ether oxygens (including phenoxy) is 1. The van der Waals surface area contributed by atoms with Gasteiger partial charge in [0.2, 0.25) is 5.91 Å². The molecule has 100 valence electrons. The third-order valence-corrected chi connectivity index (χ3v) is 2.59. The molecule has 0 spiro atoms. The molecular formula is C11H11BrF3NO2.